The molecule has 7 nitrogen and oxygen atoms in total. The van der Waals surface area contributed by atoms with Crippen LogP contribution in [0.2, 0.25) is 0 Å². The van der Waals surface area contributed by atoms with Crippen molar-refractivity contribution in [3.63, 3.8) is 0 Å². The van der Waals surface area contributed by atoms with E-state index in [-0.39, 0.29) is 12.4 Å². The van der Waals surface area contributed by atoms with Crippen LogP contribution < -0.4 is 4.74 Å². The van der Waals surface area contributed by atoms with Crippen molar-refractivity contribution in [3.05, 3.63) is 29.8 Å². The van der Waals surface area contributed by atoms with Crippen LogP contribution in [0.1, 0.15) is 16.8 Å². The third-order valence-electron chi connectivity index (χ3n) is 1.89. The maximum atomic E-state index is 11.1. The van der Waals surface area contributed by atoms with Crippen LogP contribution in [0.4, 0.5) is 4.79 Å². The van der Waals surface area contributed by atoms with Gasteiger partial charge in [-0.1, -0.05) is 0 Å². The minimum Gasteiger partial charge on any atom is -0.494 e. The molecule has 1 aromatic carbocycles. The minimum absolute atomic E-state index is 0.0983. The van der Waals surface area contributed by atoms with E-state index in [1.807, 2.05) is 0 Å². The van der Waals surface area contributed by atoms with Gasteiger partial charge < -0.3 is 25.2 Å². The maximum Gasteiger partial charge on any atom is 0.503 e. The van der Waals surface area contributed by atoms with Crippen molar-refractivity contribution < 1.29 is 34.8 Å². The Labute approximate surface area is 109 Å². The number of aliphatic hydroxyl groups is 2. The molecule has 0 aliphatic heterocycles. The van der Waals surface area contributed by atoms with Crippen LogP contribution in [0.3, 0.4) is 0 Å². The molecular formula is C12H16O7. The minimum atomic E-state index is -1.83. The zero-order chi connectivity index (χ0) is 14.7. The fourth-order valence-corrected chi connectivity index (χ4v) is 1.08. The van der Waals surface area contributed by atoms with Gasteiger partial charge in [-0.2, -0.15) is 0 Å². The lowest BCUT2D eigenvalue weighted by atomic mass is 10.1. The van der Waals surface area contributed by atoms with E-state index in [0.29, 0.717) is 24.3 Å². The molecule has 7 heteroatoms. The molecule has 0 radical (unpaired) electrons. The van der Waals surface area contributed by atoms with E-state index in [2.05, 4.69) is 0 Å². The largest absolute Gasteiger partial charge is 0.503 e. The van der Waals surface area contributed by atoms with Crippen LogP contribution >= 0.6 is 0 Å². The van der Waals surface area contributed by atoms with Gasteiger partial charge in [0.25, 0.3) is 0 Å². The molecule has 4 N–H and O–H groups in total. The first-order valence-electron chi connectivity index (χ1n) is 5.41. The first-order chi connectivity index (χ1) is 9.01. The van der Waals surface area contributed by atoms with Gasteiger partial charge in [-0.25, -0.2) is 4.79 Å². The number of hydrogen-bond acceptors (Lipinski definition) is 5. The number of Topliss-reactive ketones (excluding diaryl/α,β-unsaturated/α-hetero) is 1. The van der Waals surface area contributed by atoms with Crippen molar-refractivity contribution in [3.8, 4) is 5.75 Å². The highest BCUT2D eigenvalue weighted by molar-refractivity contribution is 5.96. The molecule has 0 aromatic heterocycles. The van der Waals surface area contributed by atoms with Crippen LogP contribution in [0.25, 0.3) is 0 Å². The lowest BCUT2D eigenvalue weighted by molar-refractivity contribution is 0.0903. The molecule has 0 amide bonds. The summed E-state index contributed by atoms with van der Waals surface area (Å²) >= 11 is 0. The number of hydrogen-bond donors (Lipinski definition) is 4. The lowest BCUT2D eigenvalue weighted by Gasteiger charge is -2.05. The average Bonchev–Trinajstić information content (AvgIpc) is 2.38. The summed E-state index contributed by atoms with van der Waals surface area (Å²) < 4.78 is 5.28. The molecule has 0 bridgehead atoms. The molecular weight excluding hydrogens is 256 g/mol. The van der Waals surface area contributed by atoms with Gasteiger partial charge in [-0.05, 0) is 24.3 Å². The Kier molecular flexibility index (Phi) is 8.76. The van der Waals surface area contributed by atoms with Gasteiger partial charge in [0.1, 0.15) is 12.4 Å². The first-order valence-corrected chi connectivity index (χ1v) is 5.41. The SMILES string of the molecule is O=C(CO)c1ccc(OCCCO)cc1.O=C(O)O. The van der Waals surface area contributed by atoms with E-state index in [1.54, 1.807) is 24.3 Å². The van der Waals surface area contributed by atoms with E-state index in [9.17, 15) is 4.79 Å². The van der Waals surface area contributed by atoms with Crippen molar-refractivity contribution in [1.82, 2.24) is 0 Å². The summed E-state index contributed by atoms with van der Waals surface area (Å²) in [6, 6.07) is 6.54. The highest BCUT2D eigenvalue weighted by atomic mass is 16.6. The zero-order valence-electron chi connectivity index (χ0n) is 10.2. The van der Waals surface area contributed by atoms with Gasteiger partial charge in [0.15, 0.2) is 5.78 Å². The van der Waals surface area contributed by atoms with Gasteiger partial charge >= 0.3 is 6.16 Å². The number of carboxylic acid groups (broad SMARTS) is 2. The molecule has 1 aromatic rings. The van der Waals surface area contributed by atoms with Gasteiger partial charge in [0.05, 0.1) is 6.61 Å². The number of ketones is 1. The first kappa shape index (κ1) is 16.9. The van der Waals surface area contributed by atoms with Crippen molar-refractivity contribution in [2.45, 2.75) is 6.42 Å². The molecule has 0 aliphatic rings. The number of aliphatic hydroxyl groups excluding tert-OH is 2. The van der Waals surface area contributed by atoms with Crippen molar-refractivity contribution in [2.75, 3.05) is 19.8 Å². The standard InChI is InChI=1S/C11H14O4.CH2O3/c12-6-1-7-15-10-4-2-9(3-5-10)11(14)8-13;2-1(3)4/h2-5,12-13H,1,6-8H2;(H2,2,3,4). The van der Waals surface area contributed by atoms with E-state index in [1.165, 1.54) is 0 Å². The number of rotatable bonds is 6. The Morgan fingerprint density at radius 3 is 2.00 bits per heavy atom. The van der Waals surface area contributed by atoms with E-state index < -0.39 is 12.8 Å². The maximum absolute atomic E-state index is 11.1. The van der Waals surface area contributed by atoms with Crippen LogP contribution in [0.15, 0.2) is 24.3 Å². The topological polar surface area (TPSA) is 124 Å². The molecule has 0 atom stereocenters. The van der Waals surface area contributed by atoms with Crippen molar-refractivity contribution in [1.29, 1.82) is 0 Å². The van der Waals surface area contributed by atoms with Crippen LogP contribution in [0.5, 0.6) is 5.75 Å². The normalized spacial score (nSPS) is 9.16. The van der Waals surface area contributed by atoms with Gasteiger partial charge in [0.2, 0.25) is 0 Å². The molecule has 0 saturated heterocycles. The molecule has 106 valence electrons. The van der Waals surface area contributed by atoms with Crippen LogP contribution in [0, 0.1) is 0 Å². The third kappa shape index (κ3) is 8.58. The number of carbonyl (C=O) groups is 2. The molecule has 0 saturated carbocycles. The van der Waals surface area contributed by atoms with E-state index in [0.717, 1.165) is 0 Å². The Bertz CT molecular complexity index is 382. The predicted octanol–water partition coefficient (Wildman–Crippen LogP) is 0.845. The fraction of sp³-hybridized carbons (Fsp3) is 0.333. The molecule has 0 unspecified atom stereocenters. The Balaban J connectivity index is 0.000000711. The summed E-state index contributed by atoms with van der Waals surface area (Å²) in [7, 11) is 0. The smallest absolute Gasteiger partial charge is 0.494 e. The summed E-state index contributed by atoms with van der Waals surface area (Å²) in [5.74, 6) is 0.342. The van der Waals surface area contributed by atoms with E-state index in [4.69, 9.17) is 30.0 Å². The molecule has 1 rings (SSSR count). The summed E-state index contributed by atoms with van der Waals surface area (Å²) in [6.45, 7) is 0.0651. The second-order valence-corrected chi connectivity index (χ2v) is 3.31. The molecule has 19 heavy (non-hydrogen) atoms. The molecule has 0 spiro atoms. The highest BCUT2D eigenvalue weighted by Gasteiger charge is 2.03. The van der Waals surface area contributed by atoms with Crippen molar-refractivity contribution >= 4 is 11.9 Å². The van der Waals surface area contributed by atoms with E-state index >= 15 is 0 Å². The monoisotopic (exact) mass is 272 g/mol. The van der Waals surface area contributed by atoms with Gasteiger partial charge in [-0.3, -0.25) is 4.79 Å². The number of carbonyl (C=O) groups excluding carboxylic acids is 1. The predicted molar refractivity (Wildman–Crippen MR) is 65.7 cm³/mol. The number of ether oxygens (including phenoxy) is 1. The Morgan fingerprint density at radius 1 is 1.05 bits per heavy atom. The summed E-state index contributed by atoms with van der Waals surface area (Å²) in [5.41, 5.74) is 0.465. The molecule has 0 heterocycles. The van der Waals surface area contributed by atoms with Crippen LogP contribution in [-0.4, -0.2) is 52.2 Å². The Hall–Kier alpha value is -2.12. The second-order valence-electron chi connectivity index (χ2n) is 3.31. The van der Waals surface area contributed by atoms with Crippen molar-refractivity contribution in [2.24, 2.45) is 0 Å². The quantitative estimate of drug-likeness (QED) is 0.447. The summed E-state index contributed by atoms with van der Waals surface area (Å²) in [6.07, 6.45) is -1.25. The highest BCUT2D eigenvalue weighted by Crippen LogP contribution is 2.12. The second kappa shape index (κ2) is 9.86. The van der Waals surface area contributed by atoms with Crippen LogP contribution in [-0.2, 0) is 0 Å². The Morgan fingerprint density at radius 2 is 1.58 bits per heavy atom. The molecule has 0 aliphatic carbocycles. The summed E-state index contributed by atoms with van der Waals surface area (Å²) in [5, 5.41) is 31.1. The van der Waals surface area contributed by atoms with Gasteiger partial charge in [0, 0.05) is 18.6 Å². The average molecular weight is 272 g/mol. The molecule has 0 fully saturated rings. The number of benzene rings is 1. The fourth-order valence-electron chi connectivity index (χ4n) is 1.08. The summed E-state index contributed by atoms with van der Waals surface area (Å²) in [4.78, 5) is 19.6. The zero-order valence-corrected chi connectivity index (χ0v) is 10.2. The van der Waals surface area contributed by atoms with Gasteiger partial charge in [-0.15, -0.1) is 0 Å². The lowest BCUT2D eigenvalue weighted by Crippen LogP contribution is -2.04. The third-order valence-corrected chi connectivity index (χ3v) is 1.89.